The Kier molecular flexibility index (Phi) is 5.95. The fourth-order valence-corrected chi connectivity index (χ4v) is 1.73. The number of nitrogens with zero attached hydrogens (tertiary/aromatic N) is 1. The van der Waals surface area contributed by atoms with Crippen LogP contribution in [0.4, 0.5) is 0 Å². The normalized spacial score (nSPS) is 13.1. The topological polar surface area (TPSA) is 58.6 Å². The average Bonchev–Trinajstić information content (AvgIpc) is 2.27. The lowest BCUT2D eigenvalue weighted by molar-refractivity contribution is -0.873. The van der Waals surface area contributed by atoms with Crippen LogP contribution in [0.15, 0.2) is 30.3 Å². The average molecular weight is 267 g/mol. The summed E-state index contributed by atoms with van der Waals surface area (Å²) in [5, 5.41) is 9.74. The number of carbonyl (C=O) groups excluding carboxylic acids is 1. The monoisotopic (exact) mass is 267 g/mol. The Bertz CT molecular complexity index is 387. The fraction of sp³-hybridized carbons (Fsp3) is 0.500. The van der Waals surface area contributed by atoms with Gasteiger partial charge in [-0.15, -0.1) is 0 Å². The van der Waals surface area contributed by atoms with E-state index in [1.54, 1.807) is 0 Å². The van der Waals surface area contributed by atoms with Gasteiger partial charge in [0.2, 0.25) is 5.91 Å². The lowest BCUT2D eigenvalue weighted by Gasteiger charge is -2.26. The molecule has 5 heteroatoms. The van der Waals surface area contributed by atoms with E-state index < -0.39 is 6.10 Å². The van der Waals surface area contributed by atoms with Crippen LogP contribution >= 0.6 is 0 Å². The van der Waals surface area contributed by atoms with Gasteiger partial charge in [-0.05, 0) is 5.56 Å². The summed E-state index contributed by atoms with van der Waals surface area (Å²) >= 11 is 0. The summed E-state index contributed by atoms with van der Waals surface area (Å²) in [4.78, 5) is 16.6. The van der Waals surface area contributed by atoms with Gasteiger partial charge in [0.15, 0.2) is 0 Å². The number of aliphatic hydroxyl groups excluding tert-OH is 1. The van der Waals surface area contributed by atoms with Crippen molar-refractivity contribution in [1.29, 1.82) is 0 Å². The van der Waals surface area contributed by atoms with Crippen LogP contribution in [-0.2, 0) is 16.2 Å². The first kappa shape index (κ1) is 15.6. The molecule has 0 unspecified atom stereocenters. The smallest absolute Gasteiger partial charge is 0.246 e. The van der Waals surface area contributed by atoms with Crippen LogP contribution in [0.3, 0.4) is 0 Å². The zero-order valence-electron chi connectivity index (χ0n) is 11.8. The fourth-order valence-electron chi connectivity index (χ4n) is 1.73. The predicted molar refractivity (Wildman–Crippen MR) is 72.9 cm³/mol. The van der Waals surface area contributed by atoms with Crippen molar-refractivity contribution in [3.8, 4) is 0 Å². The number of carbonyl (C=O) groups is 1. The van der Waals surface area contributed by atoms with Crippen molar-refractivity contribution < 1.29 is 19.2 Å². The van der Waals surface area contributed by atoms with Gasteiger partial charge in [-0.3, -0.25) is 9.63 Å². The molecule has 0 aromatic heterocycles. The van der Waals surface area contributed by atoms with Crippen LogP contribution in [0.5, 0.6) is 0 Å². The second-order valence-electron chi connectivity index (χ2n) is 5.63. The van der Waals surface area contributed by atoms with Crippen LogP contribution in [0.2, 0.25) is 0 Å². The molecule has 2 N–H and O–H groups in total. The van der Waals surface area contributed by atoms with Crippen molar-refractivity contribution in [3.05, 3.63) is 35.9 Å². The number of aliphatic hydroxyl groups is 1. The molecule has 0 heterocycles. The van der Waals surface area contributed by atoms with E-state index in [9.17, 15) is 9.90 Å². The summed E-state index contributed by atoms with van der Waals surface area (Å²) in [5.74, 6) is -0.308. The van der Waals surface area contributed by atoms with E-state index in [2.05, 4.69) is 5.48 Å². The van der Waals surface area contributed by atoms with Crippen molar-refractivity contribution in [2.45, 2.75) is 19.1 Å². The summed E-state index contributed by atoms with van der Waals surface area (Å²) < 4.78 is 0.610. The van der Waals surface area contributed by atoms with Crippen molar-refractivity contribution in [1.82, 2.24) is 5.48 Å². The Balaban J connectivity index is 2.21. The molecule has 0 bridgehead atoms. The van der Waals surface area contributed by atoms with Crippen LogP contribution in [0.1, 0.15) is 12.0 Å². The van der Waals surface area contributed by atoms with E-state index in [0.29, 0.717) is 17.6 Å². The largest absolute Gasteiger partial charge is 0.387 e. The minimum Gasteiger partial charge on any atom is -0.387 e. The third-order valence-electron chi connectivity index (χ3n) is 2.45. The molecule has 0 saturated carbocycles. The van der Waals surface area contributed by atoms with E-state index in [-0.39, 0.29) is 12.3 Å². The summed E-state index contributed by atoms with van der Waals surface area (Å²) in [6.07, 6.45) is -0.620. The van der Waals surface area contributed by atoms with E-state index >= 15 is 0 Å². The number of rotatable bonds is 7. The lowest BCUT2D eigenvalue weighted by Crippen LogP contribution is -2.43. The van der Waals surface area contributed by atoms with Crippen molar-refractivity contribution in [3.63, 3.8) is 0 Å². The number of benzene rings is 1. The quantitative estimate of drug-likeness (QED) is 0.564. The molecular formula is C14H23N2O3+. The van der Waals surface area contributed by atoms with Crippen molar-refractivity contribution in [2.75, 3.05) is 27.7 Å². The molecule has 0 aliphatic carbocycles. The standard InChI is InChI=1S/C14H22N2O3/c1-16(2,3)10-13(17)9-14(18)15-19-11-12-7-5-4-6-8-12/h4-8,13,17H,9-11H2,1-3H3/p+1/t13-/m1/s1. The molecule has 106 valence electrons. The van der Waals surface area contributed by atoms with E-state index in [4.69, 9.17) is 4.84 Å². The van der Waals surface area contributed by atoms with Gasteiger partial charge >= 0.3 is 0 Å². The van der Waals surface area contributed by atoms with E-state index in [0.717, 1.165) is 5.56 Å². The highest BCUT2D eigenvalue weighted by Gasteiger charge is 2.18. The Morgan fingerprint density at radius 1 is 1.32 bits per heavy atom. The molecule has 0 aliphatic heterocycles. The number of amides is 1. The SMILES string of the molecule is C[N+](C)(C)C[C@H](O)CC(=O)NOCc1ccccc1. The lowest BCUT2D eigenvalue weighted by atomic mass is 10.2. The Morgan fingerprint density at radius 2 is 1.95 bits per heavy atom. The number of hydrogen-bond donors (Lipinski definition) is 2. The molecule has 0 saturated heterocycles. The molecule has 5 nitrogen and oxygen atoms in total. The zero-order valence-corrected chi connectivity index (χ0v) is 11.8. The van der Waals surface area contributed by atoms with Gasteiger partial charge in [0.25, 0.3) is 0 Å². The Morgan fingerprint density at radius 3 is 2.53 bits per heavy atom. The summed E-state index contributed by atoms with van der Waals surface area (Å²) in [6.45, 7) is 0.837. The summed E-state index contributed by atoms with van der Waals surface area (Å²) in [7, 11) is 5.90. The molecule has 0 aliphatic rings. The summed E-state index contributed by atoms with van der Waals surface area (Å²) in [6, 6.07) is 9.57. The van der Waals surface area contributed by atoms with E-state index in [1.165, 1.54) is 0 Å². The molecule has 1 aromatic carbocycles. The number of hydrogen-bond acceptors (Lipinski definition) is 3. The highest BCUT2D eigenvalue weighted by Crippen LogP contribution is 2.01. The van der Waals surface area contributed by atoms with Crippen LogP contribution in [0.25, 0.3) is 0 Å². The maximum absolute atomic E-state index is 11.5. The first-order chi connectivity index (χ1) is 8.87. The van der Waals surface area contributed by atoms with Crippen LogP contribution < -0.4 is 5.48 Å². The van der Waals surface area contributed by atoms with Gasteiger partial charge in [-0.1, -0.05) is 30.3 Å². The molecule has 1 amide bonds. The molecule has 19 heavy (non-hydrogen) atoms. The van der Waals surface area contributed by atoms with Gasteiger partial charge < -0.3 is 9.59 Å². The van der Waals surface area contributed by atoms with Gasteiger partial charge in [0, 0.05) is 0 Å². The molecule has 0 spiro atoms. The highest BCUT2D eigenvalue weighted by atomic mass is 16.6. The summed E-state index contributed by atoms with van der Waals surface area (Å²) in [5.41, 5.74) is 3.32. The minimum absolute atomic E-state index is 0.0459. The van der Waals surface area contributed by atoms with Crippen molar-refractivity contribution in [2.24, 2.45) is 0 Å². The van der Waals surface area contributed by atoms with Crippen LogP contribution in [-0.4, -0.2) is 49.3 Å². The number of nitrogens with one attached hydrogen (secondary N) is 1. The molecular weight excluding hydrogens is 244 g/mol. The molecule has 1 rings (SSSR count). The molecule has 1 atom stereocenters. The third kappa shape index (κ3) is 7.56. The first-order valence-electron chi connectivity index (χ1n) is 6.30. The highest BCUT2D eigenvalue weighted by molar-refractivity contribution is 5.75. The second-order valence-corrected chi connectivity index (χ2v) is 5.63. The Hall–Kier alpha value is -1.43. The molecule has 1 aromatic rings. The Labute approximate surface area is 114 Å². The first-order valence-corrected chi connectivity index (χ1v) is 6.30. The maximum Gasteiger partial charge on any atom is 0.246 e. The number of quaternary nitrogens is 1. The second kappa shape index (κ2) is 7.23. The third-order valence-corrected chi connectivity index (χ3v) is 2.45. The molecule has 0 radical (unpaired) electrons. The minimum atomic E-state index is -0.666. The van der Waals surface area contributed by atoms with Crippen LogP contribution in [0, 0.1) is 0 Å². The van der Waals surface area contributed by atoms with Gasteiger partial charge in [0.1, 0.15) is 12.6 Å². The maximum atomic E-state index is 11.5. The number of likely N-dealkylation sites (N-methyl/N-ethyl adjacent to an activating group) is 1. The van der Waals surface area contributed by atoms with Gasteiger partial charge in [-0.2, -0.15) is 0 Å². The zero-order chi connectivity index (χ0) is 14.3. The van der Waals surface area contributed by atoms with Crippen molar-refractivity contribution >= 4 is 5.91 Å². The van der Waals surface area contributed by atoms with E-state index in [1.807, 2.05) is 51.5 Å². The predicted octanol–water partition coefficient (Wildman–Crippen LogP) is 0.692. The molecule has 0 fully saturated rings. The number of hydroxylamine groups is 1. The van der Waals surface area contributed by atoms with Gasteiger partial charge in [0.05, 0.1) is 34.2 Å². The van der Waals surface area contributed by atoms with Gasteiger partial charge in [-0.25, -0.2) is 5.48 Å².